The normalized spacial score (nSPS) is 12.4. The van der Waals surface area contributed by atoms with Gasteiger partial charge in [0.25, 0.3) is 0 Å². The van der Waals surface area contributed by atoms with E-state index in [9.17, 15) is 0 Å². The summed E-state index contributed by atoms with van der Waals surface area (Å²) in [6.07, 6.45) is 0. The molecule has 0 saturated heterocycles. The average molecular weight is 233 g/mol. The SMILES string of the molecule is Cc1ccc(OCc2noc(C(C)N)n2)cc1. The topological polar surface area (TPSA) is 74.2 Å². The van der Waals surface area contributed by atoms with E-state index in [1.54, 1.807) is 6.92 Å². The summed E-state index contributed by atoms with van der Waals surface area (Å²) in [5, 5.41) is 3.78. The molecule has 0 saturated carbocycles. The molecule has 1 aromatic carbocycles. The van der Waals surface area contributed by atoms with Crippen LogP contribution in [0.3, 0.4) is 0 Å². The first-order chi connectivity index (χ1) is 8.15. The van der Waals surface area contributed by atoms with Crippen molar-refractivity contribution in [3.63, 3.8) is 0 Å². The van der Waals surface area contributed by atoms with Crippen LogP contribution in [-0.4, -0.2) is 10.1 Å². The highest BCUT2D eigenvalue weighted by molar-refractivity contribution is 5.26. The molecule has 1 heterocycles. The molecule has 0 spiro atoms. The average Bonchev–Trinajstić information content (AvgIpc) is 2.77. The summed E-state index contributed by atoms with van der Waals surface area (Å²) in [6.45, 7) is 4.09. The summed E-state index contributed by atoms with van der Waals surface area (Å²) in [6, 6.07) is 7.53. The van der Waals surface area contributed by atoms with Crippen molar-refractivity contribution >= 4 is 0 Å². The minimum Gasteiger partial charge on any atom is -0.485 e. The number of aryl methyl sites for hydroxylation is 1. The highest BCUT2D eigenvalue weighted by Crippen LogP contribution is 2.13. The third-order valence-corrected chi connectivity index (χ3v) is 2.26. The second-order valence-corrected chi connectivity index (χ2v) is 3.94. The fourth-order valence-corrected chi connectivity index (χ4v) is 1.29. The van der Waals surface area contributed by atoms with E-state index in [0.29, 0.717) is 11.7 Å². The largest absolute Gasteiger partial charge is 0.485 e. The van der Waals surface area contributed by atoms with Crippen molar-refractivity contribution in [2.75, 3.05) is 0 Å². The zero-order valence-corrected chi connectivity index (χ0v) is 9.88. The maximum atomic E-state index is 5.61. The Balaban J connectivity index is 1.95. The third kappa shape index (κ3) is 3.04. The lowest BCUT2D eigenvalue weighted by atomic mass is 10.2. The van der Waals surface area contributed by atoms with Crippen molar-refractivity contribution in [2.24, 2.45) is 5.73 Å². The van der Waals surface area contributed by atoms with Gasteiger partial charge in [0.05, 0.1) is 6.04 Å². The second kappa shape index (κ2) is 4.97. The molecule has 0 amide bonds. The number of nitrogens with two attached hydrogens (primary N) is 1. The van der Waals surface area contributed by atoms with Gasteiger partial charge in [-0.15, -0.1) is 0 Å². The highest BCUT2D eigenvalue weighted by atomic mass is 16.5. The van der Waals surface area contributed by atoms with Gasteiger partial charge in [0.1, 0.15) is 5.75 Å². The van der Waals surface area contributed by atoms with Gasteiger partial charge < -0.3 is 15.0 Å². The molecular weight excluding hydrogens is 218 g/mol. The molecule has 1 aromatic heterocycles. The molecule has 0 aliphatic carbocycles. The number of aromatic nitrogens is 2. The molecule has 0 radical (unpaired) electrons. The number of nitrogens with zero attached hydrogens (tertiary/aromatic N) is 2. The van der Waals surface area contributed by atoms with Gasteiger partial charge in [0.2, 0.25) is 11.7 Å². The zero-order chi connectivity index (χ0) is 12.3. The van der Waals surface area contributed by atoms with Crippen LogP contribution in [0.1, 0.15) is 30.2 Å². The van der Waals surface area contributed by atoms with Gasteiger partial charge in [-0.2, -0.15) is 4.98 Å². The minimum atomic E-state index is -0.254. The fraction of sp³-hybridized carbons (Fsp3) is 0.333. The fourth-order valence-electron chi connectivity index (χ4n) is 1.29. The molecular formula is C12H15N3O2. The molecule has 2 N–H and O–H groups in total. The van der Waals surface area contributed by atoms with Gasteiger partial charge in [-0.25, -0.2) is 0 Å². The van der Waals surface area contributed by atoms with Crippen LogP contribution in [0.2, 0.25) is 0 Å². The predicted molar refractivity (Wildman–Crippen MR) is 62.4 cm³/mol. The maximum absolute atomic E-state index is 5.61. The van der Waals surface area contributed by atoms with Crippen LogP contribution in [-0.2, 0) is 6.61 Å². The van der Waals surface area contributed by atoms with Crippen LogP contribution < -0.4 is 10.5 Å². The van der Waals surface area contributed by atoms with Crippen LogP contribution in [0, 0.1) is 6.92 Å². The van der Waals surface area contributed by atoms with Crippen molar-refractivity contribution in [3.05, 3.63) is 41.5 Å². The van der Waals surface area contributed by atoms with Crippen molar-refractivity contribution in [1.82, 2.24) is 10.1 Å². The maximum Gasteiger partial charge on any atom is 0.243 e. The monoisotopic (exact) mass is 233 g/mol. The molecule has 5 heteroatoms. The van der Waals surface area contributed by atoms with Crippen molar-refractivity contribution in [1.29, 1.82) is 0 Å². The summed E-state index contributed by atoms with van der Waals surface area (Å²) < 4.78 is 10.5. The van der Waals surface area contributed by atoms with E-state index in [2.05, 4.69) is 10.1 Å². The molecule has 0 aliphatic rings. The Morgan fingerprint density at radius 1 is 1.35 bits per heavy atom. The molecule has 0 fully saturated rings. The van der Waals surface area contributed by atoms with Gasteiger partial charge in [0.15, 0.2) is 6.61 Å². The lowest BCUT2D eigenvalue weighted by Crippen LogP contribution is -2.05. The Kier molecular flexibility index (Phi) is 3.39. The van der Waals surface area contributed by atoms with E-state index in [0.717, 1.165) is 5.75 Å². The zero-order valence-electron chi connectivity index (χ0n) is 9.88. The van der Waals surface area contributed by atoms with E-state index in [4.69, 9.17) is 15.0 Å². The Hall–Kier alpha value is -1.88. The number of ether oxygens (including phenoxy) is 1. The summed E-state index contributed by atoms with van der Waals surface area (Å²) in [5.41, 5.74) is 6.80. The molecule has 0 aliphatic heterocycles. The van der Waals surface area contributed by atoms with E-state index in [1.165, 1.54) is 5.56 Å². The van der Waals surface area contributed by atoms with Crippen molar-refractivity contribution in [2.45, 2.75) is 26.5 Å². The van der Waals surface area contributed by atoms with Crippen LogP contribution in [0.25, 0.3) is 0 Å². The van der Waals surface area contributed by atoms with Gasteiger partial charge >= 0.3 is 0 Å². The lowest BCUT2D eigenvalue weighted by molar-refractivity contribution is 0.284. The number of benzene rings is 1. The summed E-state index contributed by atoms with van der Waals surface area (Å²) in [5.74, 6) is 1.70. The third-order valence-electron chi connectivity index (χ3n) is 2.26. The Morgan fingerprint density at radius 2 is 2.06 bits per heavy atom. The quantitative estimate of drug-likeness (QED) is 0.873. The molecule has 0 bridgehead atoms. The Morgan fingerprint density at radius 3 is 2.65 bits per heavy atom. The highest BCUT2D eigenvalue weighted by Gasteiger charge is 2.10. The number of hydrogen-bond acceptors (Lipinski definition) is 5. The van der Waals surface area contributed by atoms with Crippen LogP contribution in [0.4, 0.5) is 0 Å². The standard InChI is InChI=1S/C12H15N3O2/c1-8-3-5-10(6-4-8)16-7-11-14-12(9(2)13)17-15-11/h3-6,9H,7,13H2,1-2H3. The van der Waals surface area contributed by atoms with Gasteiger partial charge in [-0.1, -0.05) is 22.9 Å². The van der Waals surface area contributed by atoms with E-state index in [1.807, 2.05) is 31.2 Å². The van der Waals surface area contributed by atoms with E-state index >= 15 is 0 Å². The minimum absolute atomic E-state index is 0.254. The summed E-state index contributed by atoms with van der Waals surface area (Å²) in [7, 11) is 0. The Bertz CT molecular complexity index is 477. The molecule has 2 aromatic rings. The molecule has 1 unspecified atom stereocenters. The van der Waals surface area contributed by atoms with Gasteiger partial charge in [0, 0.05) is 0 Å². The first kappa shape index (κ1) is 11.6. The number of hydrogen-bond donors (Lipinski definition) is 1. The van der Waals surface area contributed by atoms with Gasteiger partial charge in [-0.3, -0.25) is 0 Å². The Labute approximate surface area is 99.6 Å². The van der Waals surface area contributed by atoms with Crippen molar-refractivity contribution < 1.29 is 9.26 Å². The molecule has 17 heavy (non-hydrogen) atoms. The summed E-state index contributed by atoms with van der Waals surface area (Å²) >= 11 is 0. The van der Waals surface area contributed by atoms with Crippen molar-refractivity contribution in [3.8, 4) is 5.75 Å². The smallest absolute Gasteiger partial charge is 0.243 e. The van der Waals surface area contributed by atoms with Crippen LogP contribution in [0.15, 0.2) is 28.8 Å². The van der Waals surface area contributed by atoms with E-state index < -0.39 is 0 Å². The lowest BCUT2D eigenvalue weighted by Gasteiger charge is -2.02. The first-order valence-corrected chi connectivity index (χ1v) is 5.42. The van der Waals surface area contributed by atoms with E-state index in [-0.39, 0.29) is 12.6 Å². The number of rotatable bonds is 4. The van der Waals surface area contributed by atoms with Gasteiger partial charge in [-0.05, 0) is 26.0 Å². The second-order valence-electron chi connectivity index (χ2n) is 3.94. The predicted octanol–water partition coefficient (Wildman–Crippen LogP) is 1.98. The molecule has 1 atom stereocenters. The molecule has 5 nitrogen and oxygen atoms in total. The van der Waals surface area contributed by atoms with Crippen LogP contribution >= 0.6 is 0 Å². The molecule has 2 rings (SSSR count). The first-order valence-electron chi connectivity index (χ1n) is 5.42. The summed E-state index contributed by atoms with van der Waals surface area (Å²) in [4.78, 5) is 4.11. The van der Waals surface area contributed by atoms with Crippen LogP contribution in [0.5, 0.6) is 5.75 Å². The molecule has 90 valence electrons.